The average molecular weight is 237 g/mol. The maximum atomic E-state index is 10.4. The molecule has 17 heavy (non-hydrogen) atoms. The van der Waals surface area contributed by atoms with Crippen molar-refractivity contribution in [2.24, 2.45) is 5.92 Å². The van der Waals surface area contributed by atoms with Gasteiger partial charge in [-0.25, -0.2) is 0 Å². The highest BCUT2D eigenvalue weighted by Gasteiger charge is 2.25. The van der Waals surface area contributed by atoms with E-state index in [9.17, 15) is 5.11 Å². The number of nitrogen functional groups attached to an aromatic ring is 1. The summed E-state index contributed by atoms with van der Waals surface area (Å²) in [4.78, 5) is 0. The fraction of sp³-hybridized carbons (Fsp3) is 0.538. The first-order valence-corrected chi connectivity index (χ1v) is 5.91. The number of ether oxygens (including phenoxy) is 2. The number of hydrogen-bond donors (Lipinski definition) is 2. The van der Waals surface area contributed by atoms with Gasteiger partial charge in [0.25, 0.3) is 0 Å². The highest BCUT2D eigenvalue weighted by molar-refractivity contribution is 5.51. The number of anilines is 1. The molecule has 1 aromatic carbocycles. The van der Waals surface area contributed by atoms with Crippen molar-refractivity contribution < 1.29 is 14.6 Å². The molecule has 1 atom stereocenters. The zero-order valence-electron chi connectivity index (χ0n) is 10.1. The Morgan fingerprint density at radius 2 is 2.12 bits per heavy atom. The number of hydrogen-bond acceptors (Lipinski definition) is 4. The molecule has 0 spiro atoms. The zero-order chi connectivity index (χ0) is 12.3. The lowest BCUT2D eigenvalue weighted by Crippen LogP contribution is -2.22. The van der Waals surface area contributed by atoms with E-state index in [1.54, 1.807) is 19.2 Å². The number of methoxy groups -OCH3 is 1. The van der Waals surface area contributed by atoms with Gasteiger partial charge in [0, 0.05) is 24.5 Å². The third-order valence-corrected chi connectivity index (χ3v) is 3.33. The first kappa shape index (κ1) is 12.2. The van der Waals surface area contributed by atoms with Gasteiger partial charge in [0.15, 0.2) is 0 Å². The fourth-order valence-electron chi connectivity index (χ4n) is 2.22. The van der Waals surface area contributed by atoms with Crippen molar-refractivity contribution >= 4 is 5.69 Å². The predicted octanol–water partition coefficient (Wildman–Crippen LogP) is 1.74. The normalized spacial score (nSPS) is 18.9. The Hall–Kier alpha value is -1.26. The summed E-state index contributed by atoms with van der Waals surface area (Å²) >= 11 is 0. The van der Waals surface area contributed by atoms with Gasteiger partial charge in [-0.3, -0.25) is 0 Å². The van der Waals surface area contributed by atoms with E-state index in [0.717, 1.165) is 24.2 Å². The van der Waals surface area contributed by atoms with Crippen molar-refractivity contribution in [3.05, 3.63) is 23.8 Å². The number of aliphatic hydroxyl groups excluding tert-OH is 1. The molecule has 1 saturated heterocycles. The number of benzene rings is 1. The molecular formula is C13H19NO3. The molecule has 1 unspecified atom stereocenters. The Morgan fingerprint density at radius 1 is 1.41 bits per heavy atom. The van der Waals surface area contributed by atoms with Crippen molar-refractivity contribution in [1.29, 1.82) is 0 Å². The largest absolute Gasteiger partial charge is 0.497 e. The Balaban J connectivity index is 2.19. The van der Waals surface area contributed by atoms with Crippen LogP contribution in [0.2, 0.25) is 0 Å². The molecule has 3 N–H and O–H groups in total. The van der Waals surface area contributed by atoms with Crippen LogP contribution in [0.3, 0.4) is 0 Å². The van der Waals surface area contributed by atoms with Crippen LogP contribution in [0, 0.1) is 5.92 Å². The minimum absolute atomic E-state index is 0.221. The molecule has 1 aromatic rings. The van der Waals surface area contributed by atoms with E-state index < -0.39 is 6.10 Å². The summed E-state index contributed by atoms with van der Waals surface area (Å²) in [5.41, 5.74) is 7.28. The third-order valence-electron chi connectivity index (χ3n) is 3.33. The minimum atomic E-state index is -0.533. The zero-order valence-corrected chi connectivity index (χ0v) is 10.1. The third kappa shape index (κ3) is 2.70. The van der Waals surface area contributed by atoms with Gasteiger partial charge < -0.3 is 20.3 Å². The predicted molar refractivity (Wildman–Crippen MR) is 65.9 cm³/mol. The van der Waals surface area contributed by atoms with Crippen molar-refractivity contribution in [2.45, 2.75) is 18.9 Å². The topological polar surface area (TPSA) is 64.7 Å². The van der Waals surface area contributed by atoms with Crippen LogP contribution in [0.25, 0.3) is 0 Å². The molecular weight excluding hydrogens is 218 g/mol. The van der Waals surface area contributed by atoms with Gasteiger partial charge in [-0.1, -0.05) is 0 Å². The Kier molecular flexibility index (Phi) is 3.86. The molecule has 1 heterocycles. The van der Waals surface area contributed by atoms with Gasteiger partial charge in [-0.15, -0.1) is 0 Å². The van der Waals surface area contributed by atoms with Gasteiger partial charge >= 0.3 is 0 Å². The first-order valence-electron chi connectivity index (χ1n) is 5.91. The first-order chi connectivity index (χ1) is 8.22. The smallest absolute Gasteiger partial charge is 0.119 e. The molecule has 0 saturated carbocycles. The molecule has 4 heteroatoms. The van der Waals surface area contributed by atoms with E-state index in [1.165, 1.54) is 0 Å². The molecule has 1 aliphatic heterocycles. The summed E-state index contributed by atoms with van der Waals surface area (Å²) in [7, 11) is 1.61. The van der Waals surface area contributed by atoms with Crippen LogP contribution in [-0.2, 0) is 4.74 Å². The van der Waals surface area contributed by atoms with E-state index in [1.807, 2.05) is 6.07 Å². The van der Waals surface area contributed by atoms with Crippen LogP contribution in [0.1, 0.15) is 24.5 Å². The van der Waals surface area contributed by atoms with Gasteiger partial charge in [0.1, 0.15) is 5.75 Å². The molecule has 0 aliphatic carbocycles. The van der Waals surface area contributed by atoms with Crippen LogP contribution in [-0.4, -0.2) is 25.4 Å². The molecule has 1 fully saturated rings. The van der Waals surface area contributed by atoms with Crippen molar-refractivity contribution in [1.82, 2.24) is 0 Å². The van der Waals surface area contributed by atoms with E-state index in [0.29, 0.717) is 18.9 Å². The van der Waals surface area contributed by atoms with Gasteiger partial charge in [0.05, 0.1) is 13.2 Å². The lowest BCUT2D eigenvalue weighted by atomic mass is 9.88. The Bertz CT molecular complexity index is 375. The summed E-state index contributed by atoms with van der Waals surface area (Å²) < 4.78 is 10.4. The summed E-state index contributed by atoms with van der Waals surface area (Å²) in [6, 6.07) is 5.39. The van der Waals surface area contributed by atoms with Gasteiger partial charge in [0.2, 0.25) is 0 Å². The molecule has 0 bridgehead atoms. The van der Waals surface area contributed by atoms with Gasteiger partial charge in [-0.2, -0.15) is 0 Å². The molecule has 2 rings (SSSR count). The van der Waals surface area contributed by atoms with Crippen molar-refractivity contribution in [3.63, 3.8) is 0 Å². The molecule has 4 nitrogen and oxygen atoms in total. The van der Waals surface area contributed by atoms with Crippen molar-refractivity contribution in [2.75, 3.05) is 26.1 Å². The van der Waals surface area contributed by atoms with Crippen LogP contribution in [0.5, 0.6) is 5.75 Å². The maximum Gasteiger partial charge on any atom is 0.119 e. The molecule has 1 aliphatic rings. The monoisotopic (exact) mass is 237 g/mol. The second kappa shape index (κ2) is 5.38. The van der Waals surface area contributed by atoms with Crippen LogP contribution in [0.15, 0.2) is 18.2 Å². The molecule has 0 amide bonds. The number of rotatable bonds is 3. The molecule has 0 radical (unpaired) electrons. The van der Waals surface area contributed by atoms with E-state index in [-0.39, 0.29) is 5.92 Å². The van der Waals surface area contributed by atoms with Gasteiger partial charge in [-0.05, 0) is 37.0 Å². The highest BCUT2D eigenvalue weighted by Crippen LogP contribution is 2.34. The summed E-state index contributed by atoms with van der Waals surface area (Å²) in [6.45, 7) is 1.43. The second-order valence-electron chi connectivity index (χ2n) is 4.39. The summed E-state index contributed by atoms with van der Waals surface area (Å²) in [6.07, 6.45) is 1.21. The van der Waals surface area contributed by atoms with Crippen molar-refractivity contribution in [3.8, 4) is 5.75 Å². The highest BCUT2D eigenvalue weighted by atomic mass is 16.5. The Morgan fingerprint density at radius 3 is 2.76 bits per heavy atom. The standard InChI is InChI=1S/C13H19NO3/c1-16-10-2-3-12(14)11(8-10)13(15)9-4-6-17-7-5-9/h2-3,8-9,13,15H,4-7,14H2,1H3. The Labute approximate surface area is 101 Å². The van der Waals surface area contributed by atoms with Crippen LogP contribution >= 0.6 is 0 Å². The fourth-order valence-corrected chi connectivity index (χ4v) is 2.22. The summed E-state index contributed by atoms with van der Waals surface area (Å²) in [5, 5.41) is 10.4. The second-order valence-corrected chi connectivity index (χ2v) is 4.39. The quantitative estimate of drug-likeness (QED) is 0.786. The van der Waals surface area contributed by atoms with E-state index in [2.05, 4.69) is 0 Å². The SMILES string of the molecule is COc1ccc(N)c(C(O)C2CCOCC2)c1. The maximum absolute atomic E-state index is 10.4. The summed E-state index contributed by atoms with van der Waals surface area (Å²) in [5.74, 6) is 0.943. The average Bonchev–Trinajstić information content (AvgIpc) is 2.39. The number of nitrogens with two attached hydrogens (primary N) is 1. The van der Waals surface area contributed by atoms with E-state index >= 15 is 0 Å². The van der Waals surface area contributed by atoms with Crippen LogP contribution in [0.4, 0.5) is 5.69 Å². The van der Waals surface area contributed by atoms with E-state index in [4.69, 9.17) is 15.2 Å². The lowest BCUT2D eigenvalue weighted by Gasteiger charge is -2.27. The number of aliphatic hydroxyl groups is 1. The lowest BCUT2D eigenvalue weighted by molar-refractivity contribution is 0.00740. The molecule has 94 valence electrons. The molecule has 0 aromatic heterocycles. The minimum Gasteiger partial charge on any atom is -0.497 e. The van der Waals surface area contributed by atoms with Crippen LogP contribution < -0.4 is 10.5 Å².